The van der Waals surface area contributed by atoms with Gasteiger partial charge in [0.2, 0.25) is 0 Å². The molecule has 0 spiro atoms. The minimum absolute atomic E-state index is 0.0760. The number of aliphatic hydroxyl groups is 1. The summed E-state index contributed by atoms with van der Waals surface area (Å²) in [6.07, 6.45) is 0. The fourth-order valence-corrected chi connectivity index (χ4v) is 1.82. The summed E-state index contributed by atoms with van der Waals surface area (Å²) in [7, 11) is 0. The van der Waals surface area contributed by atoms with E-state index in [4.69, 9.17) is 4.74 Å². The molecule has 4 heteroatoms. The first kappa shape index (κ1) is 14.1. The van der Waals surface area contributed by atoms with Crippen LogP contribution in [0.4, 0.5) is 0 Å². The van der Waals surface area contributed by atoms with Gasteiger partial charge in [-0.05, 0) is 17.7 Å². The zero-order chi connectivity index (χ0) is 14.2. The first-order chi connectivity index (χ1) is 9.79. The van der Waals surface area contributed by atoms with Gasteiger partial charge in [0.25, 0.3) is 5.91 Å². The lowest BCUT2D eigenvalue weighted by molar-refractivity contribution is -0.124. The number of para-hydroxylation sites is 1. The quantitative estimate of drug-likeness (QED) is 0.844. The van der Waals surface area contributed by atoms with Crippen molar-refractivity contribution in [1.29, 1.82) is 0 Å². The molecule has 1 amide bonds. The maximum atomic E-state index is 11.8. The van der Waals surface area contributed by atoms with Crippen LogP contribution in [0.15, 0.2) is 60.7 Å². The Hall–Kier alpha value is -2.33. The van der Waals surface area contributed by atoms with Crippen molar-refractivity contribution in [1.82, 2.24) is 5.32 Å². The molecule has 0 aromatic heterocycles. The molecule has 0 heterocycles. The number of amides is 1. The summed E-state index contributed by atoms with van der Waals surface area (Å²) >= 11 is 0. The Labute approximate surface area is 118 Å². The number of carbonyl (C=O) groups excluding carboxylic acids is 1. The van der Waals surface area contributed by atoms with Crippen LogP contribution in [0.3, 0.4) is 0 Å². The molecule has 0 unspecified atom stereocenters. The molecule has 2 rings (SSSR count). The first-order valence-corrected chi connectivity index (χ1v) is 6.42. The lowest BCUT2D eigenvalue weighted by Crippen LogP contribution is -2.34. The number of benzene rings is 2. The Bertz CT molecular complexity index is 528. The molecule has 0 saturated heterocycles. The van der Waals surface area contributed by atoms with Crippen LogP contribution in [0.5, 0.6) is 5.75 Å². The molecule has 0 aliphatic heterocycles. The van der Waals surface area contributed by atoms with E-state index in [-0.39, 0.29) is 19.1 Å². The van der Waals surface area contributed by atoms with Crippen molar-refractivity contribution in [2.75, 3.05) is 13.2 Å². The van der Waals surface area contributed by atoms with Gasteiger partial charge in [-0.1, -0.05) is 48.5 Å². The third-order valence-electron chi connectivity index (χ3n) is 2.83. The third kappa shape index (κ3) is 4.10. The van der Waals surface area contributed by atoms with E-state index in [9.17, 15) is 9.90 Å². The van der Waals surface area contributed by atoms with Gasteiger partial charge in [-0.3, -0.25) is 4.79 Å². The van der Waals surface area contributed by atoms with Crippen LogP contribution < -0.4 is 10.1 Å². The Kier molecular flexibility index (Phi) is 5.15. The molecule has 20 heavy (non-hydrogen) atoms. The molecule has 2 aromatic carbocycles. The lowest BCUT2D eigenvalue weighted by Gasteiger charge is -2.16. The van der Waals surface area contributed by atoms with Crippen LogP contribution in [-0.4, -0.2) is 24.2 Å². The van der Waals surface area contributed by atoms with Gasteiger partial charge >= 0.3 is 0 Å². The van der Waals surface area contributed by atoms with Gasteiger partial charge in [0.1, 0.15) is 5.75 Å². The predicted molar refractivity (Wildman–Crippen MR) is 76.3 cm³/mol. The van der Waals surface area contributed by atoms with Crippen molar-refractivity contribution in [3.63, 3.8) is 0 Å². The molecule has 0 bridgehead atoms. The molecule has 104 valence electrons. The van der Waals surface area contributed by atoms with E-state index in [1.54, 1.807) is 12.1 Å². The van der Waals surface area contributed by atoms with Crippen molar-refractivity contribution in [2.45, 2.75) is 6.04 Å². The van der Waals surface area contributed by atoms with Gasteiger partial charge in [-0.2, -0.15) is 0 Å². The van der Waals surface area contributed by atoms with Crippen molar-refractivity contribution < 1.29 is 14.6 Å². The van der Waals surface area contributed by atoms with Crippen LogP contribution >= 0.6 is 0 Å². The smallest absolute Gasteiger partial charge is 0.258 e. The molecule has 2 N–H and O–H groups in total. The topological polar surface area (TPSA) is 58.6 Å². The highest BCUT2D eigenvalue weighted by Gasteiger charge is 2.13. The Morgan fingerprint density at radius 1 is 1.05 bits per heavy atom. The van der Waals surface area contributed by atoms with Gasteiger partial charge < -0.3 is 15.2 Å². The summed E-state index contributed by atoms with van der Waals surface area (Å²) in [6.45, 7) is -0.228. The van der Waals surface area contributed by atoms with Crippen molar-refractivity contribution in [2.24, 2.45) is 0 Å². The van der Waals surface area contributed by atoms with Crippen LogP contribution in [0.2, 0.25) is 0 Å². The van der Waals surface area contributed by atoms with Gasteiger partial charge in [0.15, 0.2) is 6.61 Å². The standard InChI is InChI=1S/C16H17NO3/c18-11-15(13-7-3-1-4-8-13)17-16(19)12-20-14-9-5-2-6-10-14/h1-10,15,18H,11-12H2,(H,17,19)/t15-/m1/s1. The first-order valence-electron chi connectivity index (χ1n) is 6.42. The average Bonchev–Trinajstić information content (AvgIpc) is 2.52. The predicted octanol–water partition coefficient (Wildman–Crippen LogP) is 1.92. The summed E-state index contributed by atoms with van der Waals surface area (Å²) in [5, 5.41) is 12.1. The summed E-state index contributed by atoms with van der Waals surface area (Å²) in [6, 6.07) is 18.1. The fraction of sp³-hybridized carbons (Fsp3) is 0.188. The Morgan fingerprint density at radius 3 is 2.25 bits per heavy atom. The Morgan fingerprint density at radius 2 is 1.65 bits per heavy atom. The maximum Gasteiger partial charge on any atom is 0.258 e. The van der Waals surface area contributed by atoms with E-state index in [2.05, 4.69) is 5.32 Å². The van der Waals surface area contributed by atoms with E-state index in [0.29, 0.717) is 5.75 Å². The third-order valence-corrected chi connectivity index (χ3v) is 2.83. The lowest BCUT2D eigenvalue weighted by atomic mass is 10.1. The number of rotatable bonds is 6. The SMILES string of the molecule is O=C(COc1ccccc1)N[C@H](CO)c1ccccc1. The molecule has 4 nitrogen and oxygen atoms in total. The minimum atomic E-state index is -0.414. The highest BCUT2D eigenvalue weighted by atomic mass is 16.5. The summed E-state index contributed by atoms with van der Waals surface area (Å²) < 4.78 is 5.36. The summed E-state index contributed by atoms with van der Waals surface area (Å²) in [5.74, 6) is 0.375. The van der Waals surface area contributed by atoms with E-state index in [1.165, 1.54) is 0 Å². The van der Waals surface area contributed by atoms with Crippen molar-refractivity contribution in [3.8, 4) is 5.75 Å². The second-order valence-electron chi connectivity index (χ2n) is 4.32. The van der Waals surface area contributed by atoms with E-state index >= 15 is 0 Å². The van der Waals surface area contributed by atoms with Crippen LogP contribution in [-0.2, 0) is 4.79 Å². The van der Waals surface area contributed by atoms with Crippen molar-refractivity contribution in [3.05, 3.63) is 66.2 Å². The van der Waals surface area contributed by atoms with Gasteiger partial charge in [-0.15, -0.1) is 0 Å². The minimum Gasteiger partial charge on any atom is -0.484 e. The second kappa shape index (κ2) is 7.31. The molecule has 0 aliphatic carbocycles. The number of nitrogens with one attached hydrogen (secondary N) is 1. The zero-order valence-electron chi connectivity index (χ0n) is 11.0. The van der Waals surface area contributed by atoms with Gasteiger partial charge in [0, 0.05) is 0 Å². The van der Waals surface area contributed by atoms with Crippen LogP contribution in [0, 0.1) is 0 Å². The summed E-state index contributed by atoms with van der Waals surface area (Å²) in [4.78, 5) is 11.8. The van der Waals surface area contributed by atoms with E-state index < -0.39 is 6.04 Å². The molecular weight excluding hydrogens is 254 g/mol. The van der Waals surface area contributed by atoms with Crippen LogP contribution in [0.25, 0.3) is 0 Å². The van der Waals surface area contributed by atoms with Crippen LogP contribution in [0.1, 0.15) is 11.6 Å². The molecule has 0 radical (unpaired) electrons. The molecular formula is C16H17NO3. The maximum absolute atomic E-state index is 11.8. The fourth-order valence-electron chi connectivity index (χ4n) is 1.82. The number of hydrogen-bond acceptors (Lipinski definition) is 3. The monoisotopic (exact) mass is 271 g/mol. The molecule has 1 atom stereocenters. The highest BCUT2D eigenvalue weighted by molar-refractivity contribution is 5.78. The van der Waals surface area contributed by atoms with E-state index in [1.807, 2.05) is 48.5 Å². The highest BCUT2D eigenvalue weighted by Crippen LogP contribution is 2.12. The van der Waals surface area contributed by atoms with Gasteiger partial charge in [-0.25, -0.2) is 0 Å². The number of ether oxygens (including phenoxy) is 1. The zero-order valence-corrected chi connectivity index (χ0v) is 11.0. The normalized spacial score (nSPS) is 11.7. The molecule has 2 aromatic rings. The largest absolute Gasteiger partial charge is 0.484 e. The number of hydrogen-bond donors (Lipinski definition) is 2. The molecule has 0 saturated carbocycles. The average molecular weight is 271 g/mol. The number of carbonyl (C=O) groups is 1. The summed E-state index contributed by atoms with van der Waals surface area (Å²) in [5.41, 5.74) is 0.864. The van der Waals surface area contributed by atoms with Crippen molar-refractivity contribution >= 4 is 5.91 Å². The van der Waals surface area contributed by atoms with E-state index in [0.717, 1.165) is 5.56 Å². The van der Waals surface area contributed by atoms with Gasteiger partial charge in [0.05, 0.1) is 12.6 Å². The second-order valence-corrected chi connectivity index (χ2v) is 4.32. The molecule has 0 aliphatic rings. The number of aliphatic hydroxyl groups excluding tert-OH is 1. The molecule has 0 fully saturated rings. The Balaban J connectivity index is 1.87.